The van der Waals surface area contributed by atoms with Gasteiger partial charge in [0.15, 0.2) is 5.13 Å². The first kappa shape index (κ1) is 23.2. The summed E-state index contributed by atoms with van der Waals surface area (Å²) in [6, 6.07) is 13.9. The van der Waals surface area contributed by atoms with Crippen LogP contribution in [0.2, 0.25) is 0 Å². The summed E-state index contributed by atoms with van der Waals surface area (Å²) in [5.74, 6) is 0.816. The molecule has 0 aliphatic carbocycles. The average molecular weight is 440 g/mol. The van der Waals surface area contributed by atoms with Gasteiger partial charge < -0.3 is 9.64 Å². The van der Waals surface area contributed by atoms with Crippen LogP contribution in [0.1, 0.15) is 50.0 Å². The molecule has 3 aromatic rings. The van der Waals surface area contributed by atoms with Crippen molar-refractivity contribution in [2.45, 2.75) is 39.5 Å². The molecule has 0 aliphatic rings. The van der Waals surface area contributed by atoms with Gasteiger partial charge in [-0.05, 0) is 75.3 Å². The van der Waals surface area contributed by atoms with Crippen molar-refractivity contribution in [1.29, 1.82) is 0 Å². The maximum atomic E-state index is 13.5. The SMILES string of the molecule is CCOc1ccc2nc(N(CCCN(C)C)C(=O)c3ccc(C(C)(C)C)cc3)sc2c1. The van der Waals surface area contributed by atoms with Gasteiger partial charge in [-0.25, -0.2) is 4.98 Å². The van der Waals surface area contributed by atoms with E-state index < -0.39 is 0 Å². The first-order valence-corrected chi connectivity index (χ1v) is 11.6. The van der Waals surface area contributed by atoms with Crippen LogP contribution in [0.5, 0.6) is 5.75 Å². The number of carbonyl (C=O) groups excluding carboxylic acids is 1. The molecule has 31 heavy (non-hydrogen) atoms. The highest BCUT2D eigenvalue weighted by Crippen LogP contribution is 2.32. The lowest BCUT2D eigenvalue weighted by molar-refractivity contribution is 0.0986. The maximum Gasteiger partial charge on any atom is 0.260 e. The summed E-state index contributed by atoms with van der Waals surface area (Å²) in [5.41, 5.74) is 2.84. The number of hydrogen-bond donors (Lipinski definition) is 0. The number of anilines is 1. The molecule has 0 atom stereocenters. The van der Waals surface area contributed by atoms with Crippen molar-refractivity contribution in [2.24, 2.45) is 0 Å². The van der Waals surface area contributed by atoms with Gasteiger partial charge in [-0.3, -0.25) is 9.69 Å². The molecule has 2 aromatic carbocycles. The van der Waals surface area contributed by atoms with Crippen LogP contribution in [0.15, 0.2) is 42.5 Å². The summed E-state index contributed by atoms with van der Waals surface area (Å²) in [5, 5.41) is 0.729. The fourth-order valence-corrected chi connectivity index (χ4v) is 4.38. The Labute approximate surface area is 189 Å². The molecule has 0 radical (unpaired) electrons. The molecule has 0 N–H and O–H groups in total. The minimum Gasteiger partial charge on any atom is -0.494 e. The number of nitrogens with zero attached hydrogens (tertiary/aromatic N) is 3. The van der Waals surface area contributed by atoms with Crippen LogP contribution in [0, 0.1) is 0 Å². The highest BCUT2D eigenvalue weighted by atomic mass is 32.1. The fourth-order valence-electron chi connectivity index (χ4n) is 3.36. The van der Waals surface area contributed by atoms with E-state index in [1.807, 2.05) is 56.3 Å². The van der Waals surface area contributed by atoms with Crippen LogP contribution in [0.3, 0.4) is 0 Å². The third kappa shape index (κ3) is 5.83. The van der Waals surface area contributed by atoms with Gasteiger partial charge in [0.1, 0.15) is 5.75 Å². The molecule has 3 rings (SSSR count). The number of rotatable bonds is 8. The quantitative estimate of drug-likeness (QED) is 0.459. The van der Waals surface area contributed by atoms with Gasteiger partial charge in [0.25, 0.3) is 5.91 Å². The predicted molar refractivity (Wildman–Crippen MR) is 131 cm³/mol. The highest BCUT2D eigenvalue weighted by molar-refractivity contribution is 7.22. The average Bonchev–Trinajstić information content (AvgIpc) is 3.13. The second-order valence-electron chi connectivity index (χ2n) is 9.00. The van der Waals surface area contributed by atoms with Crippen LogP contribution in [0.25, 0.3) is 10.2 Å². The van der Waals surface area contributed by atoms with Crippen LogP contribution in [-0.2, 0) is 5.41 Å². The van der Waals surface area contributed by atoms with Crippen molar-refractivity contribution in [1.82, 2.24) is 9.88 Å². The monoisotopic (exact) mass is 439 g/mol. The van der Waals surface area contributed by atoms with E-state index in [2.05, 4.69) is 37.8 Å². The maximum absolute atomic E-state index is 13.5. The Morgan fingerprint density at radius 1 is 1.06 bits per heavy atom. The molecule has 0 bridgehead atoms. The van der Waals surface area contributed by atoms with E-state index in [1.165, 1.54) is 16.9 Å². The molecule has 6 heteroatoms. The standard InChI is InChI=1S/C25H33N3O2S/c1-7-30-20-13-14-21-22(17-20)31-24(26-21)28(16-8-15-27(5)6)23(29)18-9-11-19(12-10-18)25(2,3)4/h9-14,17H,7-8,15-16H2,1-6H3. The van der Waals surface area contributed by atoms with E-state index in [4.69, 9.17) is 9.72 Å². The van der Waals surface area contributed by atoms with E-state index in [0.29, 0.717) is 18.7 Å². The smallest absolute Gasteiger partial charge is 0.260 e. The summed E-state index contributed by atoms with van der Waals surface area (Å²) in [7, 11) is 4.09. The molecule has 0 unspecified atom stereocenters. The third-order valence-corrected chi connectivity index (χ3v) is 6.16. The second kappa shape index (κ2) is 9.79. The Bertz CT molecular complexity index is 1020. The first-order chi connectivity index (χ1) is 14.7. The zero-order valence-corrected chi connectivity index (χ0v) is 20.3. The van der Waals surface area contributed by atoms with Gasteiger partial charge in [-0.15, -0.1) is 0 Å². The minimum absolute atomic E-state index is 0.0108. The number of amides is 1. The molecule has 0 saturated carbocycles. The Morgan fingerprint density at radius 3 is 2.39 bits per heavy atom. The molecular weight excluding hydrogens is 406 g/mol. The number of hydrogen-bond acceptors (Lipinski definition) is 5. The summed E-state index contributed by atoms with van der Waals surface area (Å²) in [6.07, 6.45) is 0.874. The van der Waals surface area contributed by atoms with Gasteiger partial charge in [-0.2, -0.15) is 0 Å². The fraction of sp³-hybridized carbons (Fsp3) is 0.440. The molecule has 0 fully saturated rings. The Hall–Kier alpha value is -2.44. The second-order valence-corrected chi connectivity index (χ2v) is 10.0. The lowest BCUT2D eigenvalue weighted by atomic mass is 9.86. The molecule has 0 saturated heterocycles. The van der Waals surface area contributed by atoms with Crippen molar-refractivity contribution in [3.8, 4) is 5.75 Å². The summed E-state index contributed by atoms with van der Waals surface area (Å²) >= 11 is 1.54. The van der Waals surface area contributed by atoms with Crippen molar-refractivity contribution in [3.05, 3.63) is 53.6 Å². The zero-order chi connectivity index (χ0) is 22.6. The number of thiazole rings is 1. The van der Waals surface area contributed by atoms with Crippen molar-refractivity contribution in [3.63, 3.8) is 0 Å². The van der Waals surface area contributed by atoms with Gasteiger partial charge in [0.05, 0.1) is 16.8 Å². The Kier molecular flexibility index (Phi) is 7.34. The normalized spacial score (nSPS) is 11.8. The van der Waals surface area contributed by atoms with Crippen LogP contribution in [0.4, 0.5) is 5.13 Å². The molecule has 5 nitrogen and oxygen atoms in total. The van der Waals surface area contributed by atoms with Gasteiger partial charge in [0.2, 0.25) is 0 Å². The predicted octanol–water partition coefficient (Wildman–Crippen LogP) is 5.59. The zero-order valence-electron chi connectivity index (χ0n) is 19.4. The van der Waals surface area contributed by atoms with E-state index in [0.717, 1.165) is 34.1 Å². The van der Waals surface area contributed by atoms with Crippen molar-refractivity contribution >= 4 is 32.6 Å². The van der Waals surface area contributed by atoms with E-state index >= 15 is 0 Å². The first-order valence-electron chi connectivity index (χ1n) is 10.8. The van der Waals surface area contributed by atoms with Crippen LogP contribution in [-0.4, -0.2) is 49.6 Å². The van der Waals surface area contributed by atoms with Gasteiger partial charge in [-0.1, -0.05) is 44.2 Å². The number of ether oxygens (including phenoxy) is 1. The molecule has 0 aliphatic heterocycles. The van der Waals surface area contributed by atoms with Crippen molar-refractivity contribution < 1.29 is 9.53 Å². The molecular formula is C25H33N3O2S. The van der Waals surface area contributed by atoms with Gasteiger partial charge in [0, 0.05) is 12.1 Å². The summed E-state index contributed by atoms with van der Waals surface area (Å²) in [6.45, 7) is 10.6. The minimum atomic E-state index is -0.0108. The van der Waals surface area contributed by atoms with E-state index in [1.54, 1.807) is 0 Å². The molecule has 1 amide bonds. The lowest BCUT2D eigenvalue weighted by Gasteiger charge is -2.22. The lowest BCUT2D eigenvalue weighted by Crippen LogP contribution is -2.33. The van der Waals surface area contributed by atoms with Crippen LogP contribution >= 0.6 is 11.3 Å². The molecule has 1 heterocycles. The van der Waals surface area contributed by atoms with Crippen molar-refractivity contribution in [2.75, 3.05) is 38.7 Å². The third-order valence-electron chi connectivity index (χ3n) is 5.12. The molecule has 0 spiro atoms. The summed E-state index contributed by atoms with van der Waals surface area (Å²) in [4.78, 5) is 22.2. The number of carbonyl (C=O) groups is 1. The summed E-state index contributed by atoms with van der Waals surface area (Å²) < 4.78 is 6.65. The number of fused-ring (bicyclic) bond motifs is 1. The van der Waals surface area contributed by atoms with Crippen LogP contribution < -0.4 is 9.64 Å². The topological polar surface area (TPSA) is 45.7 Å². The van der Waals surface area contributed by atoms with E-state index in [-0.39, 0.29) is 11.3 Å². The van der Waals surface area contributed by atoms with E-state index in [9.17, 15) is 4.79 Å². The molecule has 1 aromatic heterocycles. The largest absolute Gasteiger partial charge is 0.494 e. The highest BCUT2D eigenvalue weighted by Gasteiger charge is 2.22. The van der Waals surface area contributed by atoms with Gasteiger partial charge >= 0.3 is 0 Å². The number of aromatic nitrogens is 1. The Morgan fingerprint density at radius 2 is 1.77 bits per heavy atom. The number of benzene rings is 2. The Balaban J connectivity index is 1.92. The molecule has 166 valence electrons.